The molecule has 0 aromatic carbocycles. The van der Waals surface area contributed by atoms with Crippen molar-refractivity contribution in [3.05, 3.63) is 0 Å². The van der Waals surface area contributed by atoms with Crippen LogP contribution in [0.2, 0.25) is 0 Å². The van der Waals surface area contributed by atoms with Crippen LogP contribution in [0.25, 0.3) is 0 Å². The number of oxime groups is 1. The minimum atomic E-state index is -0.878. The fourth-order valence-electron chi connectivity index (χ4n) is 2.16. The van der Waals surface area contributed by atoms with E-state index in [2.05, 4.69) is 19.0 Å². The number of carbonyl (C=O) groups is 1. The van der Waals surface area contributed by atoms with Gasteiger partial charge in [0.15, 0.2) is 5.84 Å². The van der Waals surface area contributed by atoms with Crippen LogP contribution < -0.4 is 5.73 Å². The summed E-state index contributed by atoms with van der Waals surface area (Å²) < 4.78 is 0. The lowest BCUT2D eigenvalue weighted by Gasteiger charge is -2.34. The fraction of sp³-hybridized carbons (Fsp3) is 0.846. The van der Waals surface area contributed by atoms with E-state index in [9.17, 15) is 4.79 Å². The van der Waals surface area contributed by atoms with Crippen molar-refractivity contribution in [3.63, 3.8) is 0 Å². The molecule has 0 aliphatic carbocycles. The predicted octanol–water partition coefficient (Wildman–Crippen LogP) is 2.04. The summed E-state index contributed by atoms with van der Waals surface area (Å²) in [5.41, 5.74) is 4.85. The van der Waals surface area contributed by atoms with E-state index < -0.39 is 5.41 Å². The van der Waals surface area contributed by atoms with E-state index in [1.807, 2.05) is 13.8 Å². The number of hydrogen-bond donors (Lipinski definition) is 2. The van der Waals surface area contributed by atoms with E-state index in [1.54, 1.807) is 11.9 Å². The highest BCUT2D eigenvalue weighted by Crippen LogP contribution is 2.29. The van der Waals surface area contributed by atoms with Crippen molar-refractivity contribution in [1.29, 1.82) is 0 Å². The van der Waals surface area contributed by atoms with Crippen LogP contribution in [-0.2, 0) is 4.79 Å². The van der Waals surface area contributed by atoms with E-state index in [0.29, 0.717) is 25.3 Å². The van der Waals surface area contributed by atoms with E-state index in [0.717, 1.165) is 6.42 Å². The maximum Gasteiger partial charge on any atom is 0.236 e. The van der Waals surface area contributed by atoms with Crippen LogP contribution in [0.5, 0.6) is 0 Å². The van der Waals surface area contributed by atoms with E-state index in [4.69, 9.17) is 10.9 Å². The molecule has 0 aliphatic heterocycles. The lowest BCUT2D eigenvalue weighted by molar-refractivity contribution is -0.138. The maximum atomic E-state index is 12.5. The second kappa shape index (κ2) is 7.24. The Bertz CT molecular complexity index is 299. The zero-order valence-electron chi connectivity index (χ0n) is 12.2. The number of carbonyl (C=O) groups excluding carboxylic acids is 1. The zero-order chi connectivity index (χ0) is 14.3. The predicted molar refractivity (Wildman–Crippen MR) is 73.5 cm³/mol. The van der Waals surface area contributed by atoms with Crippen LogP contribution in [0.3, 0.4) is 0 Å². The van der Waals surface area contributed by atoms with Gasteiger partial charge in [-0.15, -0.1) is 0 Å². The van der Waals surface area contributed by atoms with Crippen LogP contribution >= 0.6 is 0 Å². The van der Waals surface area contributed by atoms with Gasteiger partial charge in [-0.1, -0.05) is 39.3 Å². The van der Waals surface area contributed by atoms with E-state index >= 15 is 0 Å². The van der Waals surface area contributed by atoms with Crippen molar-refractivity contribution in [1.82, 2.24) is 4.90 Å². The molecule has 0 saturated heterocycles. The Morgan fingerprint density at radius 1 is 1.39 bits per heavy atom. The molecule has 0 rings (SSSR count). The molecule has 0 fully saturated rings. The Labute approximate surface area is 110 Å². The molecule has 0 spiro atoms. The molecule has 0 aliphatic rings. The molecule has 0 aromatic heterocycles. The quantitative estimate of drug-likeness (QED) is 0.317. The summed E-state index contributed by atoms with van der Waals surface area (Å²) in [6.07, 6.45) is 2.08. The molecule has 106 valence electrons. The third kappa shape index (κ3) is 3.37. The molecule has 0 bridgehead atoms. The van der Waals surface area contributed by atoms with Gasteiger partial charge in [0, 0.05) is 13.6 Å². The van der Waals surface area contributed by atoms with Gasteiger partial charge in [0.2, 0.25) is 5.91 Å². The number of amidine groups is 1. The zero-order valence-corrected chi connectivity index (χ0v) is 12.2. The van der Waals surface area contributed by atoms with Crippen molar-refractivity contribution < 1.29 is 10.0 Å². The van der Waals surface area contributed by atoms with Crippen LogP contribution in [0.4, 0.5) is 0 Å². The molecule has 0 radical (unpaired) electrons. The first-order valence-corrected chi connectivity index (χ1v) is 6.63. The number of hydrogen-bond acceptors (Lipinski definition) is 3. The Kier molecular flexibility index (Phi) is 6.73. The van der Waals surface area contributed by atoms with Crippen molar-refractivity contribution >= 4 is 11.7 Å². The monoisotopic (exact) mass is 257 g/mol. The van der Waals surface area contributed by atoms with Gasteiger partial charge < -0.3 is 15.8 Å². The lowest BCUT2D eigenvalue weighted by Crippen LogP contribution is -2.50. The van der Waals surface area contributed by atoms with Gasteiger partial charge in [-0.05, 0) is 18.8 Å². The van der Waals surface area contributed by atoms with Crippen molar-refractivity contribution in [2.75, 3.05) is 13.6 Å². The highest BCUT2D eigenvalue weighted by atomic mass is 16.4. The van der Waals surface area contributed by atoms with Gasteiger partial charge >= 0.3 is 0 Å². The summed E-state index contributed by atoms with van der Waals surface area (Å²) in [5.74, 6) is 0.384. The minimum absolute atomic E-state index is 0.00787. The first-order chi connectivity index (χ1) is 8.39. The third-order valence-corrected chi connectivity index (χ3v) is 3.84. The maximum absolute atomic E-state index is 12.5. The van der Waals surface area contributed by atoms with E-state index in [-0.39, 0.29) is 11.7 Å². The second-order valence-corrected chi connectivity index (χ2v) is 4.97. The normalized spacial score (nSPS) is 14.4. The molecule has 0 saturated carbocycles. The molecule has 1 unspecified atom stereocenters. The molecular weight excluding hydrogens is 230 g/mol. The number of nitrogens with two attached hydrogens (primary N) is 1. The first-order valence-electron chi connectivity index (χ1n) is 6.63. The Morgan fingerprint density at radius 2 is 1.89 bits per heavy atom. The van der Waals surface area contributed by atoms with Gasteiger partial charge in [0.1, 0.15) is 5.41 Å². The third-order valence-electron chi connectivity index (χ3n) is 3.84. The standard InChI is InChI=1S/C13H27N3O2/c1-6-10(4)9-16(5)12(17)13(7-2,8-3)11(14)15-18/h10,18H,6-9H2,1-5H3,(H2,14,15). The average molecular weight is 257 g/mol. The number of amides is 1. The Morgan fingerprint density at radius 3 is 2.22 bits per heavy atom. The molecule has 5 heteroatoms. The Hall–Kier alpha value is -1.26. The van der Waals surface area contributed by atoms with Crippen molar-refractivity contribution in [3.8, 4) is 0 Å². The van der Waals surface area contributed by atoms with Gasteiger partial charge in [-0.2, -0.15) is 0 Å². The van der Waals surface area contributed by atoms with Gasteiger partial charge in [0.05, 0.1) is 0 Å². The summed E-state index contributed by atoms with van der Waals surface area (Å²) in [4.78, 5) is 14.2. The molecule has 3 N–H and O–H groups in total. The minimum Gasteiger partial charge on any atom is -0.409 e. The van der Waals surface area contributed by atoms with Gasteiger partial charge in [-0.3, -0.25) is 4.79 Å². The highest BCUT2D eigenvalue weighted by Gasteiger charge is 2.41. The second-order valence-electron chi connectivity index (χ2n) is 4.97. The van der Waals surface area contributed by atoms with Crippen LogP contribution in [0.1, 0.15) is 47.0 Å². The molecule has 18 heavy (non-hydrogen) atoms. The number of nitrogens with zero attached hydrogens (tertiary/aromatic N) is 2. The summed E-state index contributed by atoms with van der Waals surface area (Å²) in [5, 5.41) is 11.9. The highest BCUT2D eigenvalue weighted by molar-refractivity contribution is 6.06. The van der Waals surface area contributed by atoms with Gasteiger partial charge in [0.25, 0.3) is 0 Å². The summed E-state index contributed by atoms with van der Waals surface area (Å²) in [7, 11) is 1.78. The van der Waals surface area contributed by atoms with Gasteiger partial charge in [-0.25, -0.2) is 0 Å². The fourth-order valence-corrected chi connectivity index (χ4v) is 2.16. The lowest BCUT2D eigenvalue weighted by atomic mass is 9.79. The SMILES string of the molecule is CCC(C)CN(C)C(=O)C(CC)(CC)C(N)=NO. The topological polar surface area (TPSA) is 78.9 Å². The molecule has 0 aromatic rings. The van der Waals surface area contributed by atoms with E-state index in [1.165, 1.54) is 0 Å². The first kappa shape index (κ1) is 16.7. The van der Waals surface area contributed by atoms with Crippen LogP contribution in [-0.4, -0.2) is 35.4 Å². The van der Waals surface area contributed by atoms with Crippen LogP contribution in [0, 0.1) is 11.3 Å². The molecule has 1 amide bonds. The number of rotatable bonds is 7. The molecule has 5 nitrogen and oxygen atoms in total. The summed E-state index contributed by atoms with van der Waals surface area (Å²) >= 11 is 0. The summed E-state index contributed by atoms with van der Waals surface area (Å²) in [6.45, 7) is 8.66. The molecular formula is C13H27N3O2. The molecule has 1 atom stereocenters. The largest absolute Gasteiger partial charge is 0.409 e. The summed E-state index contributed by atoms with van der Waals surface area (Å²) in [6, 6.07) is 0. The van der Waals surface area contributed by atoms with Crippen molar-refractivity contribution in [2.45, 2.75) is 47.0 Å². The molecule has 0 heterocycles. The Balaban J connectivity index is 5.09. The van der Waals surface area contributed by atoms with Crippen molar-refractivity contribution in [2.24, 2.45) is 22.2 Å². The van der Waals surface area contributed by atoms with Crippen LogP contribution in [0.15, 0.2) is 5.16 Å². The average Bonchev–Trinajstić information content (AvgIpc) is 2.39. The smallest absolute Gasteiger partial charge is 0.236 e.